The molecule has 4 rings (SSSR count). The maximum absolute atomic E-state index is 14.0. The number of nitrogens with zero attached hydrogens (tertiary/aromatic N) is 3. The van der Waals surface area contributed by atoms with E-state index in [-0.39, 0.29) is 11.7 Å². The molecule has 0 aliphatic carbocycles. The molecule has 1 aromatic heterocycles. The average molecular weight is 423 g/mol. The Hall–Kier alpha value is -3.35. The minimum Gasteiger partial charge on any atom is -0.494 e. The van der Waals surface area contributed by atoms with Crippen LogP contribution in [0.2, 0.25) is 0 Å². The second-order valence-corrected chi connectivity index (χ2v) is 7.39. The summed E-state index contributed by atoms with van der Waals surface area (Å²) in [5, 5.41) is 0. The zero-order valence-corrected chi connectivity index (χ0v) is 17.6. The van der Waals surface area contributed by atoms with Crippen molar-refractivity contribution >= 4 is 11.6 Å². The first-order valence-electron chi connectivity index (χ1n) is 10.6. The molecular weight excluding hydrogens is 397 g/mol. The van der Waals surface area contributed by atoms with Gasteiger partial charge in [-0.25, -0.2) is 9.37 Å². The number of benzene rings is 2. The smallest absolute Gasteiger partial charge is 0.223 e. The minimum absolute atomic E-state index is 0.0639. The highest BCUT2D eigenvalue weighted by Gasteiger charge is 2.23. The van der Waals surface area contributed by atoms with Crippen LogP contribution in [-0.2, 0) is 11.2 Å². The number of aromatic nitrogens is 1. The van der Waals surface area contributed by atoms with E-state index in [9.17, 15) is 9.18 Å². The third-order valence-electron chi connectivity index (χ3n) is 5.38. The molecule has 6 nitrogen and oxygen atoms in total. The number of anilines is 1. The molecule has 2 aromatic carbocycles. The fourth-order valence-corrected chi connectivity index (χ4v) is 3.72. The molecule has 0 spiro atoms. The molecular formula is C24H26FN3O3. The van der Waals surface area contributed by atoms with Crippen LogP contribution in [0, 0.1) is 5.82 Å². The first-order chi connectivity index (χ1) is 15.1. The molecule has 1 aliphatic rings. The molecule has 1 fully saturated rings. The van der Waals surface area contributed by atoms with Gasteiger partial charge in [-0.1, -0.05) is 12.1 Å². The van der Waals surface area contributed by atoms with Crippen molar-refractivity contribution in [2.24, 2.45) is 0 Å². The van der Waals surface area contributed by atoms with Gasteiger partial charge in [-0.3, -0.25) is 4.79 Å². The van der Waals surface area contributed by atoms with Gasteiger partial charge in [0.25, 0.3) is 0 Å². The second-order valence-electron chi connectivity index (χ2n) is 7.39. The standard InChI is InChI=1S/C24H26FN3O3/c1-2-30-19-9-7-18(8-10-19)22-17-26-23(31-22)11-12-24(29)28-15-13-27(14-16-28)21-6-4-3-5-20(21)25/h3-10,17H,2,11-16H2,1H3. The number of aryl methyl sites for hydroxylation is 1. The van der Waals surface area contributed by atoms with E-state index in [1.807, 2.05) is 47.1 Å². The third kappa shape index (κ3) is 5.05. The maximum Gasteiger partial charge on any atom is 0.223 e. The Morgan fingerprint density at radius 2 is 1.84 bits per heavy atom. The van der Waals surface area contributed by atoms with Gasteiger partial charge >= 0.3 is 0 Å². The maximum atomic E-state index is 14.0. The van der Waals surface area contributed by atoms with Gasteiger partial charge in [-0.05, 0) is 43.3 Å². The topological polar surface area (TPSA) is 58.8 Å². The number of oxazole rings is 1. The molecule has 0 atom stereocenters. The van der Waals surface area contributed by atoms with Gasteiger partial charge in [0.05, 0.1) is 18.5 Å². The molecule has 1 saturated heterocycles. The van der Waals surface area contributed by atoms with Crippen LogP contribution < -0.4 is 9.64 Å². The van der Waals surface area contributed by atoms with Crippen LogP contribution in [0.1, 0.15) is 19.2 Å². The molecule has 1 amide bonds. The Morgan fingerprint density at radius 3 is 2.55 bits per heavy atom. The van der Waals surface area contributed by atoms with E-state index in [2.05, 4.69) is 4.98 Å². The van der Waals surface area contributed by atoms with E-state index in [1.54, 1.807) is 18.3 Å². The van der Waals surface area contributed by atoms with E-state index in [0.717, 1.165) is 11.3 Å². The number of carbonyl (C=O) groups excluding carboxylic acids is 1. The minimum atomic E-state index is -0.227. The number of para-hydroxylation sites is 1. The lowest BCUT2D eigenvalue weighted by Crippen LogP contribution is -2.49. The highest BCUT2D eigenvalue weighted by molar-refractivity contribution is 5.76. The molecule has 2 heterocycles. The number of rotatable bonds is 7. The van der Waals surface area contributed by atoms with Gasteiger partial charge < -0.3 is 19.0 Å². The summed E-state index contributed by atoms with van der Waals surface area (Å²) >= 11 is 0. The molecule has 162 valence electrons. The zero-order valence-electron chi connectivity index (χ0n) is 17.6. The predicted octanol–water partition coefficient (Wildman–Crippen LogP) is 4.16. The summed E-state index contributed by atoms with van der Waals surface area (Å²) in [5.74, 6) is 1.86. The van der Waals surface area contributed by atoms with E-state index in [0.29, 0.717) is 63.0 Å². The average Bonchev–Trinajstić information content (AvgIpc) is 3.28. The predicted molar refractivity (Wildman–Crippen MR) is 117 cm³/mol. The summed E-state index contributed by atoms with van der Waals surface area (Å²) < 4.78 is 25.2. The first-order valence-corrected chi connectivity index (χ1v) is 10.6. The Balaban J connectivity index is 1.27. The fraction of sp³-hybridized carbons (Fsp3) is 0.333. The summed E-state index contributed by atoms with van der Waals surface area (Å²) in [6.45, 7) is 4.96. The monoisotopic (exact) mass is 423 g/mol. The number of hydrogen-bond donors (Lipinski definition) is 0. The summed E-state index contributed by atoms with van der Waals surface area (Å²) in [7, 11) is 0. The molecule has 0 saturated carbocycles. The van der Waals surface area contributed by atoms with Crippen molar-refractivity contribution in [3.05, 3.63) is 66.4 Å². The van der Waals surface area contributed by atoms with Crippen molar-refractivity contribution in [1.82, 2.24) is 9.88 Å². The van der Waals surface area contributed by atoms with Crippen molar-refractivity contribution < 1.29 is 18.3 Å². The van der Waals surface area contributed by atoms with Crippen molar-refractivity contribution in [2.75, 3.05) is 37.7 Å². The number of hydrogen-bond acceptors (Lipinski definition) is 5. The lowest BCUT2D eigenvalue weighted by molar-refractivity contribution is -0.131. The van der Waals surface area contributed by atoms with Gasteiger partial charge in [-0.2, -0.15) is 0 Å². The van der Waals surface area contributed by atoms with Gasteiger partial charge in [-0.15, -0.1) is 0 Å². The molecule has 1 aliphatic heterocycles. The summed E-state index contributed by atoms with van der Waals surface area (Å²) in [6, 6.07) is 14.4. The normalized spacial score (nSPS) is 14.0. The molecule has 3 aromatic rings. The molecule has 0 N–H and O–H groups in total. The van der Waals surface area contributed by atoms with Gasteiger partial charge in [0.1, 0.15) is 11.6 Å². The largest absolute Gasteiger partial charge is 0.494 e. The summed E-state index contributed by atoms with van der Waals surface area (Å²) in [5.41, 5.74) is 1.51. The van der Waals surface area contributed by atoms with Crippen molar-refractivity contribution in [2.45, 2.75) is 19.8 Å². The van der Waals surface area contributed by atoms with E-state index in [4.69, 9.17) is 9.15 Å². The fourth-order valence-electron chi connectivity index (χ4n) is 3.72. The molecule has 0 radical (unpaired) electrons. The van der Waals surface area contributed by atoms with Crippen LogP contribution in [0.3, 0.4) is 0 Å². The highest BCUT2D eigenvalue weighted by atomic mass is 19.1. The SMILES string of the molecule is CCOc1ccc(-c2cnc(CCC(=O)N3CCN(c4ccccc4F)CC3)o2)cc1. The number of halogens is 1. The summed E-state index contributed by atoms with van der Waals surface area (Å²) in [6.07, 6.45) is 2.47. The van der Waals surface area contributed by atoms with Crippen LogP contribution >= 0.6 is 0 Å². The van der Waals surface area contributed by atoms with Crippen molar-refractivity contribution in [3.8, 4) is 17.1 Å². The Bertz CT molecular complexity index is 1010. The third-order valence-corrected chi connectivity index (χ3v) is 5.38. The lowest BCUT2D eigenvalue weighted by atomic mass is 10.2. The van der Waals surface area contributed by atoms with Crippen molar-refractivity contribution in [1.29, 1.82) is 0 Å². The molecule has 7 heteroatoms. The van der Waals surface area contributed by atoms with E-state index >= 15 is 0 Å². The Kier molecular flexibility index (Phi) is 6.50. The highest BCUT2D eigenvalue weighted by Crippen LogP contribution is 2.24. The Morgan fingerprint density at radius 1 is 1.10 bits per heavy atom. The van der Waals surface area contributed by atoms with Gasteiger partial charge in [0.15, 0.2) is 11.7 Å². The number of ether oxygens (including phenoxy) is 1. The quantitative estimate of drug-likeness (QED) is 0.571. The molecule has 0 bridgehead atoms. The summed E-state index contributed by atoms with van der Waals surface area (Å²) in [4.78, 5) is 20.7. The lowest BCUT2D eigenvalue weighted by Gasteiger charge is -2.36. The second kappa shape index (κ2) is 9.64. The first kappa shape index (κ1) is 20.9. The van der Waals surface area contributed by atoms with E-state index < -0.39 is 0 Å². The van der Waals surface area contributed by atoms with Crippen LogP contribution in [0.5, 0.6) is 5.75 Å². The molecule has 31 heavy (non-hydrogen) atoms. The molecule has 0 unspecified atom stereocenters. The van der Waals surface area contributed by atoms with E-state index in [1.165, 1.54) is 6.07 Å². The van der Waals surface area contributed by atoms with Crippen LogP contribution in [-0.4, -0.2) is 48.6 Å². The van der Waals surface area contributed by atoms with Gasteiger partial charge in [0, 0.05) is 44.6 Å². The van der Waals surface area contributed by atoms with Crippen LogP contribution in [0.4, 0.5) is 10.1 Å². The van der Waals surface area contributed by atoms with Gasteiger partial charge in [0.2, 0.25) is 5.91 Å². The number of piperazine rings is 1. The van der Waals surface area contributed by atoms with Crippen molar-refractivity contribution in [3.63, 3.8) is 0 Å². The van der Waals surface area contributed by atoms with Crippen LogP contribution in [0.15, 0.2) is 59.1 Å². The Labute approximate surface area is 181 Å². The number of amides is 1. The zero-order chi connectivity index (χ0) is 21.6. The van der Waals surface area contributed by atoms with Crippen LogP contribution in [0.25, 0.3) is 11.3 Å². The number of carbonyl (C=O) groups is 1.